The molecule has 0 radical (unpaired) electrons. The lowest BCUT2D eigenvalue weighted by Gasteiger charge is -2.43. The molecule has 1 unspecified atom stereocenters. The summed E-state index contributed by atoms with van der Waals surface area (Å²) in [5, 5.41) is 74.3. The highest BCUT2D eigenvalue weighted by Gasteiger charge is 2.47. The van der Waals surface area contributed by atoms with E-state index in [9.17, 15) is 35.7 Å². The van der Waals surface area contributed by atoms with Crippen LogP contribution in [0.1, 0.15) is 181 Å². The summed E-state index contributed by atoms with van der Waals surface area (Å²) in [6, 6.07) is 0. The molecule has 0 aromatic heterocycles. The quantitative estimate of drug-likeness (QED) is 0.0355. The molecule has 0 aromatic rings. The van der Waals surface area contributed by atoms with Crippen molar-refractivity contribution in [1.29, 1.82) is 0 Å². The van der Waals surface area contributed by atoms with Gasteiger partial charge in [0.2, 0.25) is 0 Å². The van der Waals surface area contributed by atoms with Crippen LogP contribution in [0.15, 0.2) is 0 Å². The van der Waals surface area contributed by atoms with Crippen LogP contribution in [0.3, 0.4) is 0 Å². The topological polar surface area (TPSA) is 188 Å². The number of quaternary nitrogens is 1. The minimum atomic E-state index is -1.62. The van der Waals surface area contributed by atoms with Crippen LogP contribution < -0.4 is 12.4 Å². The van der Waals surface area contributed by atoms with E-state index in [0.717, 1.165) is 32.2 Å². The fourth-order valence-corrected chi connectivity index (χ4v) is 8.49. The second kappa shape index (κ2) is 36.0. The number of ether oxygens (including phenoxy) is 5. The van der Waals surface area contributed by atoms with E-state index in [1.54, 1.807) is 0 Å². The lowest BCUT2D eigenvalue weighted by molar-refractivity contribution is -0.893. The smallest absolute Gasteiger partial charge is 0.186 e. The van der Waals surface area contributed by atoms with Gasteiger partial charge in [-0.05, 0) is 19.3 Å². The maximum Gasteiger partial charge on any atom is 0.186 e. The second-order valence-electron chi connectivity index (χ2n) is 18.8. The Hall–Kier alpha value is -0.230. The van der Waals surface area contributed by atoms with Gasteiger partial charge in [0.05, 0.1) is 40.5 Å². The highest BCUT2D eigenvalue weighted by molar-refractivity contribution is 4.92. The van der Waals surface area contributed by atoms with E-state index in [-0.39, 0.29) is 32.2 Å². The Balaban J connectivity index is 0.0000186. The normalized spacial score (nSPS) is 27.6. The Bertz CT molecular complexity index is 1000. The van der Waals surface area contributed by atoms with Gasteiger partial charge in [0, 0.05) is 6.61 Å². The molecule has 7 N–H and O–H groups in total. The first kappa shape index (κ1) is 58.8. The molecule has 2 fully saturated rings. The fourth-order valence-electron chi connectivity index (χ4n) is 8.49. The van der Waals surface area contributed by atoms with E-state index in [1.165, 1.54) is 141 Å². The average Bonchev–Trinajstić information content (AvgIpc) is 3.22. The molecule has 0 aromatic carbocycles. The van der Waals surface area contributed by atoms with E-state index in [0.29, 0.717) is 17.6 Å². The van der Waals surface area contributed by atoms with Gasteiger partial charge in [-0.1, -0.05) is 162 Å². The van der Waals surface area contributed by atoms with Gasteiger partial charge in [-0.2, -0.15) is 0 Å². The Morgan fingerprint density at radius 3 is 1.25 bits per heavy atom. The summed E-state index contributed by atoms with van der Waals surface area (Å²) in [5.41, 5.74) is 0. The number of likely N-dealkylation sites (N-methyl/N-ethyl adjacent to an activating group) is 1. The van der Waals surface area contributed by atoms with Crippen molar-refractivity contribution in [3.05, 3.63) is 0 Å². The molecule has 11 atom stereocenters. The summed E-state index contributed by atoms with van der Waals surface area (Å²) in [6.45, 7) is 5.72. The molecular formula is C47H94ClNO12. The van der Waals surface area contributed by atoms with Crippen LogP contribution in [-0.4, -0.2) is 161 Å². The largest absolute Gasteiger partial charge is 1.00 e. The number of rotatable bonds is 38. The molecule has 2 aliphatic heterocycles. The molecule has 0 bridgehead atoms. The maximum atomic E-state index is 10.7. The van der Waals surface area contributed by atoms with Crippen LogP contribution in [0.25, 0.3) is 0 Å². The summed E-state index contributed by atoms with van der Waals surface area (Å²) >= 11 is 0. The molecule has 13 nitrogen and oxygen atoms in total. The molecule has 2 rings (SSSR count). The first-order chi connectivity index (χ1) is 28.9. The van der Waals surface area contributed by atoms with Crippen LogP contribution in [0.2, 0.25) is 0 Å². The Kier molecular flexibility index (Phi) is 34.7. The number of hydrogen-bond acceptors (Lipinski definition) is 12. The number of hydrogen-bond donors (Lipinski definition) is 7. The number of halogens is 1. The van der Waals surface area contributed by atoms with Crippen LogP contribution in [-0.2, 0) is 23.7 Å². The average molecular weight is 901 g/mol. The molecule has 0 spiro atoms. The van der Waals surface area contributed by atoms with Gasteiger partial charge in [0.1, 0.15) is 61.5 Å². The first-order valence-corrected chi connectivity index (χ1v) is 24.6. The monoisotopic (exact) mass is 900 g/mol. The number of aliphatic hydroxyl groups excluding tert-OH is 7. The number of nitrogens with zero attached hydrogens (tertiary/aromatic N) is 1. The van der Waals surface area contributed by atoms with E-state index >= 15 is 0 Å². The van der Waals surface area contributed by atoms with E-state index < -0.39 is 67.5 Å². The van der Waals surface area contributed by atoms with Crippen molar-refractivity contribution in [2.75, 3.05) is 53.6 Å². The van der Waals surface area contributed by atoms with Gasteiger partial charge >= 0.3 is 0 Å². The van der Waals surface area contributed by atoms with Crippen LogP contribution in [0, 0.1) is 0 Å². The highest BCUT2D eigenvalue weighted by atomic mass is 35.5. The molecule has 14 heteroatoms. The predicted molar refractivity (Wildman–Crippen MR) is 235 cm³/mol. The van der Waals surface area contributed by atoms with Crippen molar-refractivity contribution in [3.8, 4) is 0 Å². The maximum absolute atomic E-state index is 10.7. The molecule has 2 aliphatic rings. The minimum absolute atomic E-state index is 0. The van der Waals surface area contributed by atoms with Crippen molar-refractivity contribution >= 4 is 0 Å². The van der Waals surface area contributed by atoms with Crippen molar-refractivity contribution in [3.63, 3.8) is 0 Å². The second-order valence-corrected chi connectivity index (χ2v) is 18.8. The van der Waals surface area contributed by atoms with Gasteiger partial charge in [-0.15, -0.1) is 0 Å². The molecule has 366 valence electrons. The summed E-state index contributed by atoms with van der Waals surface area (Å²) in [7, 11) is 4.18. The van der Waals surface area contributed by atoms with Gasteiger partial charge in [-0.25, -0.2) is 0 Å². The third kappa shape index (κ3) is 25.9. The van der Waals surface area contributed by atoms with Gasteiger partial charge in [-0.3, -0.25) is 0 Å². The summed E-state index contributed by atoms with van der Waals surface area (Å²) in [5.74, 6) is 0. The van der Waals surface area contributed by atoms with Crippen molar-refractivity contribution in [2.45, 2.75) is 248 Å². The van der Waals surface area contributed by atoms with E-state index in [2.05, 4.69) is 27.9 Å². The molecular weight excluding hydrogens is 806 g/mol. The SMILES string of the molecule is CCCCCCCCCCCCCCCCCCO[C@@H]1O[C@H](CO[C@H]2O[C@H](COCC(O)C[N+](C)(C)CCCCCCCCCCCC)[C@@H](O)[C@H](O)[C@H]2O)[C@@H](O)[C@H](O)[C@H]1O.[Cl-]. The molecule has 2 heterocycles. The third-order valence-electron chi connectivity index (χ3n) is 12.5. The zero-order valence-corrected chi connectivity index (χ0v) is 39.7. The molecule has 61 heavy (non-hydrogen) atoms. The van der Waals surface area contributed by atoms with Crippen LogP contribution >= 0.6 is 0 Å². The van der Waals surface area contributed by atoms with Crippen LogP contribution in [0.5, 0.6) is 0 Å². The first-order valence-electron chi connectivity index (χ1n) is 24.6. The van der Waals surface area contributed by atoms with Crippen molar-refractivity contribution in [1.82, 2.24) is 0 Å². The zero-order chi connectivity index (χ0) is 44.0. The van der Waals surface area contributed by atoms with Crippen molar-refractivity contribution < 1.29 is 76.3 Å². The fraction of sp³-hybridized carbons (Fsp3) is 1.00. The minimum Gasteiger partial charge on any atom is -1.00 e. The number of unbranched alkanes of at least 4 members (excludes halogenated alkanes) is 24. The van der Waals surface area contributed by atoms with Crippen LogP contribution in [0.4, 0.5) is 0 Å². The zero-order valence-electron chi connectivity index (χ0n) is 39.0. The predicted octanol–water partition coefficient (Wildman–Crippen LogP) is 3.28. The highest BCUT2D eigenvalue weighted by Crippen LogP contribution is 2.27. The Morgan fingerprint density at radius 2 is 0.820 bits per heavy atom. The lowest BCUT2D eigenvalue weighted by atomic mass is 9.98. The Morgan fingerprint density at radius 1 is 0.459 bits per heavy atom. The Labute approximate surface area is 377 Å². The lowest BCUT2D eigenvalue weighted by Crippen LogP contribution is -3.00. The van der Waals surface area contributed by atoms with Gasteiger partial charge in [0.25, 0.3) is 0 Å². The molecule has 0 aliphatic carbocycles. The summed E-state index contributed by atoms with van der Waals surface area (Å²) in [4.78, 5) is 0. The van der Waals surface area contributed by atoms with Gasteiger partial charge < -0.3 is 76.3 Å². The molecule has 0 amide bonds. The summed E-state index contributed by atoms with van der Waals surface area (Å²) < 4.78 is 29.4. The molecule has 2 saturated heterocycles. The number of aliphatic hydroxyl groups is 7. The van der Waals surface area contributed by atoms with E-state index in [4.69, 9.17) is 23.7 Å². The van der Waals surface area contributed by atoms with Crippen molar-refractivity contribution in [2.24, 2.45) is 0 Å². The molecule has 0 saturated carbocycles. The third-order valence-corrected chi connectivity index (χ3v) is 12.5. The van der Waals surface area contributed by atoms with E-state index in [1.807, 2.05) is 0 Å². The standard InChI is InChI=1S/C47H94NO12.ClH/c1-5-7-9-11-13-15-17-18-19-20-21-22-24-26-28-30-32-57-46-44(54)43(53)41(51)39(60-46)36-58-47-45(55)42(52)40(50)38(59-47)35-56-34-37(49)33-48(3,4)31-29-27-25-23-16-14-12-10-8-6-2;/h37-47,49-55H,5-36H2,1-4H3;1H/q+1;/p-1/t37?,38-,39-,40-,41-,42+,43+,44-,45-,46-,47+;/m1./s1. The van der Waals surface area contributed by atoms with Gasteiger partial charge in [0.15, 0.2) is 12.6 Å². The summed E-state index contributed by atoms with van der Waals surface area (Å²) in [6.07, 6.45) is 18.0.